The predicted molar refractivity (Wildman–Crippen MR) is 74.8 cm³/mol. The van der Waals surface area contributed by atoms with Crippen molar-refractivity contribution in [1.82, 2.24) is 4.72 Å². The molecule has 6 heteroatoms. The SMILES string of the molecule is NCc1ccccc1S(=O)(=O)NCc1ccc(F)cc1. The Morgan fingerprint density at radius 1 is 1.05 bits per heavy atom. The zero-order valence-corrected chi connectivity index (χ0v) is 11.5. The molecule has 0 radical (unpaired) electrons. The van der Waals surface area contributed by atoms with Crippen LogP contribution in [0, 0.1) is 5.82 Å². The first-order valence-electron chi connectivity index (χ1n) is 6.05. The zero-order valence-electron chi connectivity index (χ0n) is 10.7. The van der Waals surface area contributed by atoms with E-state index in [1.54, 1.807) is 18.2 Å². The molecular weight excluding hydrogens is 279 g/mol. The molecular formula is C14H15FN2O2S. The molecule has 0 fully saturated rings. The maximum atomic E-state index is 12.8. The average molecular weight is 294 g/mol. The van der Waals surface area contributed by atoms with Gasteiger partial charge < -0.3 is 5.73 Å². The van der Waals surface area contributed by atoms with Gasteiger partial charge in [0.25, 0.3) is 0 Å². The van der Waals surface area contributed by atoms with Gasteiger partial charge in [-0.25, -0.2) is 17.5 Å². The van der Waals surface area contributed by atoms with Crippen molar-refractivity contribution in [1.29, 1.82) is 0 Å². The molecule has 0 aliphatic rings. The fraction of sp³-hybridized carbons (Fsp3) is 0.143. The second kappa shape index (κ2) is 6.13. The largest absolute Gasteiger partial charge is 0.326 e. The van der Waals surface area contributed by atoms with Crippen LogP contribution < -0.4 is 10.5 Å². The Kier molecular flexibility index (Phi) is 4.49. The lowest BCUT2D eigenvalue weighted by atomic mass is 10.2. The number of hydrogen-bond acceptors (Lipinski definition) is 3. The maximum absolute atomic E-state index is 12.8. The van der Waals surface area contributed by atoms with Gasteiger partial charge in [0.1, 0.15) is 5.82 Å². The second-order valence-corrected chi connectivity index (χ2v) is 6.00. The van der Waals surface area contributed by atoms with Crippen molar-refractivity contribution in [3.8, 4) is 0 Å². The quantitative estimate of drug-likeness (QED) is 0.882. The van der Waals surface area contributed by atoms with Crippen molar-refractivity contribution in [2.24, 2.45) is 5.73 Å². The van der Waals surface area contributed by atoms with Crippen LogP contribution in [0.5, 0.6) is 0 Å². The lowest BCUT2D eigenvalue weighted by Crippen LogP contribution is -2.24. The first-order valence-corrected chi connectivity index (χ1v) is 7.53. The van der Waals surface area contributed by atoms with E-state index < -0.39 is 10.0 Å². The lowest BCUT2D eigenvalue weighted by molar-refractivity contribution is 0.580. The summed E-state index contributed by atoms with van der Waals surface area (Å²) in [5.41, 5.74) is 6.77. The first-order chi connectivity index (χ1) is 9.53. The van der Waals surface area contributed by atoms with Crippen LogP contribution >= 0.6 is 0 Å². The highest BCUT2D eigenvalue weighted by atomic mass is 32.2. The molecule has 0 bridgehead atoms. The Morgan fingerprint density at radius 3 is 2.35 bits per heavy atom. The minimum Gasteiger partial charge on any atom is -0.326 e. The Morgan fingerprint density at radius 2 is 1.70 bits per heavy atom. The fourth-order valence-corrected chi connectivity index (χ4v) is 3.06. The zero-order chi connectivity index (χ0) is 14.6. The Labute approximate surface area is 117 Å². The van der Waals surface area contributed by atoms with Gasteiger partial charge in [-0.2, -0.15) is 0 Å². The molecule has 106 valence electrons. The van der Waals surface area contributed by atoms with E-state index in [0.717, 1.165) is 0 Å². The molecule has 0 amide bonds. The molecule has 0 atom stereocenters. The standard InChI is InChI=1S/C14H15FN2O2S/c15-13-7-5-11(6-8-13)10-17-20(18,19)14-4-2-1-3-12(14)9-16/h1-8,17H,9-10,16H2. The fourth-order valence-electron chi connectivity index (χ4n) is 1.79. The Balaban J connectivity index is 2.17. The van der Waals surface area contributed by atoms with Crippen LogP contribution in [0.1, 0.15) is 11.1 Å². The summed E-state index contributed by atoms with van der Waals surface area (Å²) in [5.74, 6) is -0.356. The third-order valence-corrected chi connectivity index (χ3v) is 4.36. The molecule has 0 spiro atoms. The number of halogens is 1. The highest BCUT2D eigenvalue weighted by molar-refractivity contribution is 7.89. The van der Waals surface area contributed by atoms with Crippen molar-refractivity contribution in [3.63, 3.8) is 0 Å². The Hall–Kier alpha value is -1.76. The molecule has 2 aromatic carbocycles. The number of rotatable bonds is 5. The van der Waals surface area contributed by atoms with Gasteiger partial charge in [-0.15, -0.1) is 0 Å². The van der Waals surface area contributed by atoms with Crippen LogP contribution in [0.15, 0.2) is 53.4 Å². The molecule has 20 heavy (non-hydrogen) atoms. The monoisotopic (exact) mass is 294 g/mol. The highest BCUT2D eigenvalue weighted by Crippen LogP contribution is 2.15. The number of nitrogens with one attached hydrogen (secondary N) is 1. The smallest absolute Gasteiger partial charge is 0.241 e. The maximum Gasteiger partial charge on any atom is 0.241 e. The van der Waals surface area contributed by atoms with E-state index in [9.17, 15) is 12.8 Å². The topological polar surface area (TPSA) is 72.2 Å². The van der Waals surface area contributed by atoms with Crippen LogP contribution in [-0.2, 0) is 23.1 Å². The predicted octanol–water partition coefficient (Wildman–Crippen LogP) is 1.76. The molecule has 4 nitrogen and oxygen atoms in total. The molecule has 2 aromatic rings. The van der Waals surface area contributed by atoms with E-state index in [1.807, 2.05) is 0 Å². The van der Waals surface area contributed by atoms with Crippen LogP contribution in [0.3, 0.4) is 0 Å². The molecule has 0 saturated heterocycles. The van der Waals surface area contributed by atoms with E-state index in [-0.39, 0.29) is 23.8 Å². The summed E-state index contributed by atoms with van der Waals surface area (Å²) in [5, 5.41) is 0. The molecule has 3 N–H and O–H groups in total. The molecule has 0 unspecified atom stereocenters. The normalized spacial score (nSPS) is 11.5. The van der Waals surface area contributed by atoms with E-state index in [0.29, 0.717) is 11.1 Å². The molecule has 2 rings (SSSR count). The van der Waals surface area contributed by atoms with Crippen molar-refractivity contribution in [2.75, 3.05) is 0 Å². The van der Waals surface area contributed by atoms with Gasteiger partial charge >= 0.3 is 0 Å². The molecule has 0 saturated carbocycles. The van der Waals surface area contributed by atoms with Gasteiger partial charge in [0.2, 0.25) is 10.0 Å². The van der Waals surface area contributed by atoms with E-state index in [1.165, 1.54) is 30.3 Å². The molecule has 0 aliphatic carbocycles. The van der Waals surface area contributed by atoms with Crippen LogP contribution in [-0.4, -0.2) is 8.42 Å². The van der Waals surface area contributed by atoms with Gasteiger partial charge in [-0.1, -0.05) is 30.3 Å². The van der Waals surface area contributed by atoms with Gasteiger partial charge in [-0.3, -0.25) is 0 Å². The second-order valence-electron chi connectivity index (χ2n) is 4.26. The summed E-state index contributed by atoms with van der Waals surface area (Å²) in [6.45, 7) is 0.245. The van der Waals surface area contributed by atoms with Gasteiger partial charge in [0, 0.05) is 13.1 Å². The summed E-state index contributed by atoms with van der Waals surface area (Å²) in [7, 11) is -3.64. The van der Waals surface area contributed by atoms with E-state index in [2.05, 4.69) is 4.72 Å². The summed E-state index contributed by atoms with van der Waals surface area (Å²) >= 11 is 0. The number of sulfonamides is 1. The lowest BCUT2D eigenvalue weighted by Gasteiger charge is -2.10. The molecule has 0 aliphatic heterocycles. The first kappa shape index (κ1) is 14.6. The van der Waals surface area contributed by atoms with Crippen molar-refractivity contribution < 1.29 is 12.8 Å². The molecule has 0 heterocycles. The van der Waals surface area contributed by atoms with Crippen molar-refractivity contribution >= 4 is 10.0 Å². The van der Waals surface area contributed by atoms with E-state index >= 15 is 0 Å². The number of benzene rings is 2. The minimum absolute atomic E-state index is 0.0987. The van der Waals surface area contributed by atoms with Crippen LogP contribution in [0.2, 0.25) is 0 Å². The highest BCUT2D eigenvalue weighted by Gasteiger charge is 2.16. The third kappa shape index (κ3) is 3.41. The third-order valence-electron chi connectivity index (χ3n) is 2.86. The van der Waals surface area contributed by atoms with Crippen LogP contribution in [0.25, 0.3) is 0 Å². The summed E-state index contributed by atoms with van der Waals surface area (Å²) < 4.78 is 39.7. The summed E-state index contributed by atoms with van der Waals surface area (Å²) in [4.78, 5) is 0.171. The van der Waals surface area contributed by atoms with Crippen molar-refractivity contribution in [2.45, 2.75) is 18.0 Å². The summed E-state index contributed by atoms with van der Waals surface area (Å²) in [6.07, 6.45) is 0. The van der Waals surface area contributed by atoms with Gasteiger partial charge in [0.15, 0.2) is 0 Å². The van der Waals surface area contributed by atoms with Gasteiger partial charge in [0.05, 0.1) is 4.90 Å². The number of hydrogen-bond donors (Lipinski definition) is 2. The summed E-state index contributed by atoms with van der Waals surface area (Å²) in [6, 6.07) is 12.2. The number of nitrogens with two attached hydrogens (primary N) is 1. The van der Waals surface area contributed by atoms with Crippen LogP contribution in [0.4, 0.5) is 4.39 Å². The Bertz CT molecular complexity index is 685. The van der Waals surface area contributed by atoms with E-state index in [4.69, 9.17) is 5.73 Å². The van der Waals surface area contributed by atoms with Gasteiger partial charge in [-0.05, 0) is 29.3 Å². The molecule has 0 aromatic heterocycles. The van der Waals surface area contributed by atoms with Crippen molar-refractivity contribution in [3.05, 3.63) is 65.5 Å². The minimum atomic E-state index is -3.64. The average Bonchev–Trinajstić information content (AvgIpc) is 2.46.